The summed E-state index contributed by atoms with van der Waals surface area (Å²) >= 11 is 2.27. The number of carboxylic acids is 1. The minimum Gasteiger partial charge on any atom is -0.477 e. The van der Waals surface area contributed by atoms with Crippen molar-refractivity contribution in [2.45, 2.75) is 37.9 Å². The third-order valence-corrected chi connectivity index (χ3v) is 6.79. The zero-order chi connectivity index (χ0) is 24.4. The molecular formula is C20H22N7O5S2+. The van der Waals surface area contributed by atoms with Gasteiger partial charge in [-0.25, -0.2) is 9.36 Å². The molecule has 14 heteroatoms. The number of hydrogen-bond donors (Lipinski definition) is 3. The fraction of sp³-hybridized carbons (Fsp3) is 0.350. The number of aromatic nitrogens is 3. The predicted molar refractivity (Wildman–Crippen MR) is 123 cm³/mol. The van der Waals surface area contributed by atoms with E-state index in [0.29, 0.717) is 17.9 Å². The molecule has 1 unspecified atom stereocenters. The Kier molecular flexibility index (Phi) is 6.79. The third-order valence-electron chi connectivity index (χ3n) is 4.91. The van der Waals surface area contributed by atoms with E-state index in [-0.39, 0.29) is 28.5 Å². The van der Waals surface area contributed by atoms with Gasteiger partial charge in [0, 0.05) is 35.0 Å². The topological polar surface area (TPSA) is 164 Å². The lowest BCUT2D eigenvalue weighted by Crippen LogP contribution is -2.71. The summed E-state index contributed by atoms with van der Waals surface area (Å²) in [5.74, 6) is -2.05. The number of carbonyl (C=O) groups excluding carboxylic acids is 2. The molecule has 0 spiro atoms. The average Bonchev–Trinajstić information content (AvgIpc) is 3.23. The van der Waals surface area contributed by atoms with Gasteiger partial charge in [0.2, 0.25) is 11.5 Å². The van der Waals surface area contributed by atoms with Crippen molar-refractivity contribution in [3.8, 4) is 0 Å². The Morgan fingerprint density at radius 2 is 2.12 bits per heavy atom. The van der Waals surface area contributed by atoms with Gasteiger partial charge in [-0.1, -0.05) is 11.2 Å². The number of rotatable bonds is 8. The number of nitrogens with zero attached hydrogens (tertiary/aromatic N) is 5. The summed E-state index contributed by atoms with van der Waals surface area (Å²) in [5, 5.41) is 15.9. The van der Waals surface area contributed by atoms with Crippen LogP contribution in [0.3, 0.4) is 0 Å². The van der Waals surface area contributed by atoms with Crippen molar-refractivity contribution < 1.29 is 28.9 Å². The Balaban J connectivity index is 1.53. The largest absolute Gasteiger partial charge is 0.477 e. The fourth-order valence-corrected chi connectivity index (χ4v) is 5.22. The number of carbonyl (C=O) groups is 3. The molecule has 1 saturated heterocycles. The zero-order valence-electron chi connectivity index (χ0n) is 18.2. The van der Waals surface area contributed by atoms with Gasteiger partial charge >= 0.3 is 5.97 Å². The van der Waals surface area contributed by atoms with E-state index in [4.69, 9.17) is 10.6 Å². The van der Waals surface area contributed by atoms with Crippen molar-refractivity contribution in [2.24, 2.45) is 5.16 Å². The van der Waals surface area contributed by atoms with Crippen LogP contribution in [0.4, 0.5) is 5.13 Å². The number of nitrogens with two attached hydrogens (primary N) is 1. The molecule has 2 aromatic rings. The van der Waals surface area contributed by atoms with Crippen molar-refractivity contribution in [3.63, 3.8) is 0 Å². The monoisotopic (exact) mass is 504 g/mol. The van der Waals surface area contributed by atoms with E-state index >= 15 is 0 Å². The Bertz CT molecular complexity index is 1180. The van der Waals surface area contributed by atoms with Crippen LogP contribution < -0.4 is 15.6 Å². The van der Waals surface area contributed by atoms with Gasteiger partial charge in [0.15, 0.2) is 24.1 Å². The summed E-state index contributed by atoms with van der Waals surface area (Å²) in [6.45, 7) is 3.81. The summed E-state index contributed by atoms with van der Waals surface area (Å²) < 4.78 is 5.84. The highest BCUT2D eigenvalue weighted by molar-refractivity contribution is 8.00. The SMILES string of the molecule is CC(C)ON=C(C(=O)NC1C(=O)N2C(C(=O)O)=C(C[n+]3ccccc3)CS[C@H]12)c1nsc(N)n1. The second-order valence-electron chi connectivity index (χ2n) is 7.72. The summed E-state index contributed by atoms with van der Waals surface area (Å²) in [7, 11) is 0. The van der Waals surface area contributed by atoms with E-state index in [2.05, 4.69) is 19.8 Å². The maximum absolute atomic E-state index is 13.0. The molecule has 0 radical (unpaired) electrons. The second kappa shape index (κ2) is 9.77. The predicted octanol–water partition coefficient (Wildman–Crippen LogP) is -0.0243. The van der Waals surface area contributed by atoms with Gasteiger partial charge in [0.05, 0.1) is 0 Å². The zero-order valence-corrected chi connectivity index (χ0v) is 19.9. The lowest BCUT2D eigenvalue weighted by molar-refractivity contribution is -0.689. The number of anilines is 1. The lowest BCUT2D eigenvalue weighted by atomic mass is 10.0. The smallest absolute Gasteiger partial charge is 0.352 e. The summed E-state index contributed by atoms with van der Waals surface area (Å²) in [6, 6.07) is 4.61. The van der Waals surface area contributed by atoms with E-state index in [9.17, 15) is 19.5 Å². The van der Waals surface area contributed by atoms with Crippen LogP contribution in [0, 0.1) is 0 Å². The highest BCUT2D eigenvalue weighted by atomic mass is 32.2. The van der Waals surface area contributed by atoms with Gasteiger partial charge in [0.1, 0.15) is 23.2 Å². The molecular weight excluding hydrogens is 482 g/mol. The first-order valence-corrected chi connectivity index (χ1v) is 12.1. The summed E-state index contributed by atoms with van der Waals surface area (Å²) in [4.78, 5) is 48.3. The highest BCUT2D eigenvalue weighted by Crippen LogP contribution is 2.40. The fourth-order valence-electron chi connectivity index (χ4n) is 3.45. The summed E-state index contributed by atoms with van der Waals surface area (Å²) in [6.07, 6.45) is 3.34. The second-order valence-corrected chi connectivity index (χ2v) is 9.60. The van der Waals surface area contributed by atoms with Gasteiger partial charge < -0.3 is 21.0 Å². The number of nitrogen functional groups attached to an aromatic ring is 1. The number of amides is 2. The highest BCUT2D eigenvalue weighted by Gasteiger charge is 2.54. The van der Waals surface area contributed by atoms with E-state index in [1.807, 2.05) is 35.2 Å². The molecule has 0 aliphatic carbocycles. The molecule has 0 saturated carbocycles. The van der Waals surface area contributed by atoms with Gasteiger partial charge in [-0.3, -0.25) is 14.5 Å². The first-order chi connectivity index (χ1) is 16.3. The van der Waals surface area contributed by atoms with Crippen molar-refractivity contribution >= 4 is 51.9 Å². The van der Waals surface area contributed by atoms with Crippen LogP contribution in [0.1, 0.15) is 19.7 Å². The van der Waals surface area contributed by atoms with E-state index in [0.717, 1.165) is 11.5 Å². The standard InChI is InChI=1S/C20H21N7O5S2/c1-10(2)32-24-12(15-23-20(21)34-25-15)16(28)22-13-17(29)27-14(19(30)31)11(9-33-18(13)27)8-26-6-4-3-5-7-26/h3-7,10,13,18H,8-9H2,1-2H3,(H3-,21,22,23,25,28,30,31)/p+1/t13?,18-/m1/s1. The molecule has 178 valence electrons. The maximum Gasteiger partial charge on any atom is 0.352 e. The van der Waals surface area contributed by atoms with Crippen molar-refractivity contribution in [3.05, 3.63) is 47.7 Å². The third kappa shape index (κ3) is 4.72. The molecule has 2 atom stereocenters. The molecule has 2 aromatic heterocycles. The van der Waals surface area contributed by atoms with Crippen molar-refractivity contribution in [1.82, 2.24) is 19.6 Å². The lowest BCUT2D eigenvalue weighted by Gasteiger charge is -2.49. The minimum atomic E-state index is -1.19. The molecule has 2 amide bonds. The van der Waals surface area contributed by atoms with Crippen LogP contribution in [0.5, 0.6) is 0 Å². The van der Waals surface area contributed by atoms with Crippen LogP contribution in [-0.4, -0.2) is 66.1 Å². The van der Waals surface area contributed by atoms with E-state index < -0.39 is 29.2 Å². The van der Waals surface area contributed by atoms with Crippen LogP contribution in [0.2, 0.25) is 0 Å². The molecule has 2 aliphatic heterocycles. The number of nitrogens with one attached hydrogen (secondary N) is 1. The first-order valence-electron chi connectivity index (χ1n) is 10.2. The molecule has 2 aliphatic rings. The Morgan fingerprint density at radius 1 is 1.38 bits per heavy atom. The molecule has 4 rings (SSSR count). The molecule has 0 bridgehead atoms. The van der Waals surface area contributed by atoms with Gasteiger partial charge in [-0.05, 0) is 13.8 Å². The van der Waals surface area contributed by atoms with Crippen LogP contribution in [0.25, 0.3) is 0 Å². The minimum absolute atomic E-state index is 0.0196. The molecule has 1 fully saturated rings. The van der Waals surface area contributed by atoms with Crippen LogP contribution in [-0.2, 0) is 25.8 Å². The number of fused-ring (bicyclic) bond motifs is 1. The number of β-lactam (4-membered cyclic amide) rings is 1. The first kappa shape index (κ1) is 23.6. The average molecular weight is 505 g/mol. The Hall–Kier alpha value is -3.52. The molecule has 12 nitrogen and oxygen atoms in total. The van der Waals surface area contributed by atoms with Gasteiger partial charge in [-0.2, -0.15) is 9.36 Å². The van der Waals surface area contributed by atoms with E-state index in [1.54, 1.807) is 13.8 Å². The molecule has 34 heavy (non-hydrogen) atoms. The quantitative estimate of drug-likeness (QED) is 0.194. The number of oxime groups is 1. The normalized spacial score (nSPS) is 20.1. The summed E-state index contributed by atoms with van der Waals surface area (Å²) in [5.41, 5.74) is 5.96. The van der Waals surface area contributed by atoms with E-state index in [1.165, 1.54) is 16.7 Å². The van der Waals surface area contributed by atoms with Gasteiger partial charge in [-0.15, -0.1) is 11.8 Å². The van der Waals surface area contributed by atoms with Crippen molar-refractivity contribution in [2.75, 3.05) is 11.5 Å². The number of carboxylic acid groups (broad SMARTS) is 1. The number of aliphatic carboxylic acids is 1. The number of hydrogen-bond acceptors (Lipinski definition) is 10. The van der Waals surface area contributed by atoms with Crippen LogP contribution >= 0.6 is 23.3 Å². The number of pyridine rings is 1. The van der Waals surface area contributed by atoms with Gasteiger partial charge in [0.25, 0.3) is 11.8 Å². The Labute approximate surface area is 202 Å². The maximum atomic E-state index is 13.0. The van der Waals surface area contributed by atoms with Crippen LogP contribution in [0.15, 0.2) is 47.0 Å². The van der Waals surface area contributed by atoms with Crippen molar-refractivity contribution in [1.29, 1.82) is 0 Å². The molecule has 4 N–H and O–H groups in total. The molecule has 4 heterocycles. The number of thioether (sulfide) groups is 1. The Morgan fingerprint density at radius 3 is 2.74 bits per heavy atom. The molecule has 0 aromatic carbocycles.